The summed E-state index contributed by atoms with van der Waals surface area (Å²) in [4.78, 5) is 23.7. The standard InChI is InChI=1S/C37H60O6/c1-4-5-6-7-8-9-10-11-12-13-14-18-22-27-34(38)28-23-20-25-30-37(41)43-32-35(39)31-42-36(40)29-24-19-16-15-17-21-26-33(2)3/h5-6,8-9,11-12,14,18,20,22-23,27,33-35,38-39H,4,7,10,13,15-17,19,21,24-26,28-32H2,1-3H3/b6-5-,9-8-,12-11-,18-14-,23-20-,27-22-/t34?,35-/m1/s1. The Morgan fingerprint density at radius 2 is 1.21 bits per heavy atom. The van der Waals surface area contributed by atoms with Gasteiger partial charge >= 0.3 is 11.9 Å². The Labute approximate surface area is 262 Å². The molecule has 0 aromatic rings. The van der Waals surface area contributed by atoms with Gasteiger partial charge in [-0.05, 0) is 50.9 Å². The highest BCUT2D eigenvalue weighted by molar-refractivity contribution is 5.70. The van der Waals surface area contributed by atoms with Crippen molar-refractivity contribution in [2.24, 2.45) is 5.92 Å². The molecule has 0 bridgehead atoms. The van der Waals surface area contributed by atoms with Gasteiger partial charge in [0.05, 0.1) is 6.10 Å². The topological polar surface area (TPSA) is 93.1 Å². The van der Waals surface area contributed by atoms with Gasteiger partial charge in [0.15, 0.2) is 0 Å². The molecule has 43 heavy (non-hydrogen) atoms. The Kier molecular flexibility index (Phi) is 28.8. The quantitative estimate of drug-likeness (QED) is 0.0424. The van der Waals surface area contributed by atoms with E-state index in [1.807, 2.05) is 30.4 Å². The number of esters is 2. The number of hydrogen-bond acceptors (Lipinski definition) is 6. The van der Waals surface area contributed by atoms with Crippen LogP contribution in [0.2, 0.25) is 0 Å². The van der Waals surface area contributed by atoms with E-state index in [1.165, 1.54) is 25.7 Å². The molecule has 0 fully saturated rings. The Morgan fingerprint density at radius 1 is 0.651 bits per heavy atom. The van der Waals surface area contributed by atoms with E-state index in [2.05, 4.69) is 57.2 Å². The van der Waals surface area contributed by atoms with Crippen LogP contribution in [0.5, 0.6) is 0 Å². The van der Waals surface area contributed by atoms with Crippen LogP contribution < -0.4 is 0 Å². The first-order valence-corrected chi connectivity index (χ1v) is 16.5. The lowest BCUT2D eigenvalue weighted by Crippen LogP contribution is -2.25. The van der Waals surface area contributed by atoms with Gasteiger partial charge in [0, 0.05) is 12.8 Å². The summed E-state index contributed by atoms with van der Waals surface area (Å²) in [7, 11) is 0. The van der Waals surface area contributed by atoms with Gasteiger partial charge in [-0.2, -0.15) is 0 Å². The van der Waals surface area contributed by atoms with Crippen molar-refractivity contribution in [3.63, 3.8) is 0 Å². The molecule has 0 rings (SSSR count). The minimum Gasteiger partial charge on any atom is -0.463 e. The molecule has 1 unspecified atom stereocenters. The third-order valence-electron chi connectivity index (χ3n) is 6.48. The number of aliphatic hydroxyl groups is 2. The minimum atomic E-state index is -1.03. The van der Waals surface area contributed by atoms with Gasteiger partial charge in [-0.3, -0.25) is 9.59 Å². The Hall–Kier alpha value is -2.70. The Balaban J connectivity index is 3.77. The molecular weight excluding hydrogens is 540 g/mol. The number of allylic oxidation sites excluding steroid dienone is 10. The molecule has 2 atom stereocenters. The summed E-state index contributed by atoms with van der Waals surface area (Å²) < 4.78 is 10.2. The van der Waals surface area contributed by atoms with Crippen LogP contribution in [0.15, 0.2) is 72.9 Å². The summed E-state index contributed by atoms with van der Waals surface area (Å²) in [6.07, 6.45) is 35.8. The number of rotatable bonds is 27. The fraction of sp³-hybridized carbons (Fsp3) is 0.622. The third-order valence-corrected chi connectivity index (χ3v) is 6.48. The lowest BCUT2D eigenvalue weighted by atomic mass is 10.0. The predicted octanol–water partition coefficient (Wildman–Crippen LogP) is 8.66. The van der Waals surface area contributed by atoms with Crippen LogP contribution in [-0.2, 0) is 19.1 Å². The number of unbranched alkanes of at least 4 members (excludes halogenated alkanes) is 5. The van der Waals surface area contributed by atoms with Crippen LogP contribution in [0, 0.1) is 5.92 Å². The van der Waals surface area contributed by atoms with Crippen molar-refractivity contribution in [2.45, 2.75) is 129 Å². The maximum absolute atomic E-state index is 11.9. The lowest BCUT2D eigenvalue weighted by molar-refractivity contribution is -0.152. The van der Waals surface area contributed by atoms with Gasteiger partial charge in [0.25, 0.3) is 0 Å². The largest absolute Gasteiger partial charge is 0.463 e. The first-order valence-electron chi connectivity index (χ1n) is 16.5. The monoisotopic (exact) mass is 600 g/mol. The second kappa shape index (κ2) is 30.7. The second-order valence-corrected chi connectivity index (χ2v) is 11.2. The maximum atomic E-state index is 11.9. The Morgan fingerprint density at radius 3 is 1.84 bits per heavy atom. The van der Waals surface area contributed by atoms with Crippen LogP contribution in [0.4, 0.5) is 0 Å². The third kappa shape index (κ3) is 32.1. The van der Waals surface area contributed by atoms with Gasteiger partial charge in [-0.15, -0.1) is 0 Å². The molecule has 0 radical (unpaired) electrons. The van der Waals surface area contributed by atoms with Crippen molar-refractivity contribution < 1.29 is 29.3 Å². The number of hydrogen-bond donors (Lipinski definition) is 2. The number of aliphatic hydroxyl groups excluding tert-OH is 2. The molecule has 2 N–H and O–H groups in total. The molecule has 0 saturated carbocycles. The zero-order chi connectivity index (χ0) is 31.8. The minimum absolute atomic E-state index is 0.173. The molecule has 0 aliphatic carbocycles. The molecule has 0 heterocycles. The van der Waals surface area contributed by atoms with Crippen LogP contribution in [-0.4, -0.2) is 47.6 Å². The van der Waals surface area contributed by atoms with E-state index in [0.717, 1.165) is 50.9 Å². The highest BCUT2D eigenvalue weighted by Crippen LogP contribution is 2.12. The van der Waals surface area contributed by atoms with E-state index < -0.39 is 18.2 Å². The number of carbonyl (C=O) groups excluding carboxylic acids is 2. The first kappa shape index (κ1) is 40.3. The number of carbonyl (C=O) groups is 2. The molecule has 6 heteroatoms. The molecule has 244 valence electrons. The summed E-state index contributed by atoms with van der Waals surface area (Å²) >= 11 is 0. The molecule has 0 spiro atoms. The Bertz CT molecular complexity index is 849. The summed E-state index contributed by atoms with van der Waals surface area (Å²) in [5, 5.41) is 20.0. The fourth-order valence-corrected chi connectivity index (χ4v) is 3.97. The highest BCUT2D eigenvalue weighted by Gasteiger charge is 2.11. The molecule has 0 aromatic carbocycles. The smallest absolute Gasteiger partial charge is 0.306 e. The summed E-state index contributed by atoms with van der Waals surface area (Å²) in [5.74, 6) is 0.00650. The SMILES string of the molecule is CC/C=C\C/C=C\C/C=C\C/C=C\C=C/C(O)C/C=C\CCC(=O)OC[C@H](O)COC(=O)CCCCCCCCC(C)C. The van der Waals surface area contributed by atoms with Gasteiger partial charge < -0.3 is 19.7 Å². The van der Waals surface area contributed by atoms with Crippen LogP contribution in [0.1, 0.15) is 117 Å². The first-order chi connectivity index (χ1) is 20.8. The molecule has 0 aromatic heterocycles. The molecule has 0 aliphatic rings. The summed E-state index contributed by atoms with van der Waals surface area (Å²) in [5.41, 5.74) is 0. The van der Waals surface area contributed by atoms with Crippen molar-refractivity contribution in [1.82, 2.24) is 0 Å². The molecule has 0 aliphatic heterocycles. The van der Waals surface area contributed by atoms with Gasteiger partial charge in [0.1, 0.15) is 19.3 Å². The predicted molar refractivity (Wildman–Crippen MR) is 179 cm³/mol. The maximum Gasteiger partial charge on any atom is 0.306 e. The second-order valence-electron chi connectivity index (χ2n) is 11.2. The normalized spacial score (nSPS) is 14.0. The highest BCUT2D eigenvalue weighted by atomic mass is 16.6. The lowest BCUT2D eigenvalue weighted by Gasteiger charge is -2.12. The van der Waals surface area contributed by atoms with Crippen LogP contribution in [0.25, 0.3) is 0 Å². The van der Waals surface area contributed by atoms with Crippen LogP contribution in [0.3, 0.4) is 0 Å². The van der Waals surface area contributed by atoms with E-state index in [9.17, 15) is 19.8 Å². The average Bonchev–Trinajstić information content (AvgIpc) is 2.98. The molecular formula is C37H60O6. The number of ether oxygens (including phenoxy) is 2. The average molecular weight is 601 g/mol. The van der Waals surface area contributed by atoms with Gasteiger partial charge in [-0.1, -0.05) is 132 Å². The van der Waals surface area contributed by atoms with Crippen molar-refractivity contribution in [1.29, 1.82) is 0 Å². The van der Waals surface area contributed by atoms with Crippen molar-refractivity contribution in [3.8, 4) is 0 Å². The molecule has 0 amide bonds. The van der Waals surface area contributed by atoms with Gasteiger partial charge in [-0.25, -0.2) is 0 Å². The van der Waals surface area contributed by atoms with E-state index in [1.54, 1.807) is 6.08 Å². The summed E-state index contributed by atoms with van der Waals surface area (Å²) in [6, 6.07) is 0. The summed E-state index contributed by atoms with van der Waals surface area (Å²) in [6.45, 7) is 6.25. The van der Waals surface area contributed by atoms with Crippen molar-refractivity contribution >= 4 is 11.9 Å². The van der Waals surface area contributed by atoms with E-state index in [0.29, 0.717) is 19.3 Å². The van der Waals surface area contributed by atoms with Crippen molar-refractivity contribution in [3.05, 3.63) is 72.9 Å². The van der Waals surface area contributed by atoms with E-state index in [-0.39, 0.29) is 25.6 Å². The van der Waals surface area contributed by atoms with E-state index in [4.69, 9.17) is 9.47 Å². The van der Waals surface area contributed by atoms with Gasteiger partial charge in [0.2, 0.25) is 0 Å². The zero-order valence-corrected chi connectivity index (χ0v) is 27.2. The van der Waals surface area contributed by atoms with Crippen molar-refractivity contribution in [2.75, 3.05) is 13.2 Å². The molecule has 6 nitrogen and oxygen atoms in total. The van der Waals surface area contributed by atoms with Crippen LogP contribution >= 0.6 is 0 Å². The zero-order valence-electron chi connectivity index (χ0n) is 27.2. The fourth-order valence-electron chi connectivity index (χ4n) is 3.97. The van der Waals surface area contributed by atoms with E-state index >= 15 is 0 Å². The molecule has 0 saturated heterocycles.